The number of amides is 1. The molecule has 0 aliphatic carbocycles. The van der Waals surface area contributed by atoms with Crippen LogP contribution in [0.1, 0.15) is 27.7 Å². The standard InChI is InChI=1S/C16H23N3O4.C6H4BrNO2/c1-12-11-17(15(20)23-16(2,3)4)9-10-18(12)13-7-5-6-8-14(13)19(21)22;7-5-3-1-2-4-6(5)8(9)10/h5-8,12H,9-11H2,1-4H3;1-4H. The lowest BCUT2D eigenvalue weighted by Gasteiger charge is -2.41. The van der Waals surface area contributed by atoms with E-state index in [9.17, 15) is 25.0 Å². The first-order valence-corrected chi connectivity index (χ1v) is 11.1. The lowest BCUT2D eigenvalue weighted by molar-refractivity contribution is -0.385. The van der Waals surface area contributed by atoms with Gasteiger partial charge in [-0.1, -0.05) is 24.3 Å². The van der Waals surface area contributed by atoms with Gasteiger partial charge < -0.3 is 14.5 Å². The van der Waals surface area contributed by atoms with Crippen molar-refractivity contribution in [1.29, 1.82) is 0 Å². The summed E-state index contributed by atoms with van der Waals surface area (Å²) in [5.41, 5.74) is 0.247. The fraction of sp³-hybridized carbons (Fsp3) is 0.409. The summed E-state index contributed by atoms with van der Waals surface area (Å²) in [4.78, 5) is 36.4. The van der Waals surface area contributed by atoms with Crippen molar-refractivity contribution in [3.8, 4) is 0 Å². The molecule has 1 saturated heterocycles. The zero-order valence-corrected chi connectivity index (χ0v) is 20.5. The number of rotatable bonds is 3. The van der Waals surface area contributed by atoms with E-state index in [4.69, 9.17) is 4.74 Å². The van der Waals surface area contributed by atoms with Crippen LogP contribution in [0, 0.1) is 20.2 Å². The second-order valence-corrected chi connectivity index (χ2v) is 9.28. The number of halogens is 1. The first-order chi connectivity index (χ1) is 15.4. The second kappa shape index (κ2) is 11.1. The number of nitro groups is 2. The predicted molar refractivity (Wildman–Crippen MR) is 129 cm³/mol. The Kier molecular flexibility index (Phi) is 8.75. The Morgan fingerprint density at radius 3 is 2.03 bits per heavy atom. The third-order valence-electron chi connectivity index (χ3n) is 4.72. The summed E-state index contributed by atoms with van der Waals surface area (Å²) in [5, 5.41) is 21.4. The highest BCUT2D eigenvalue weighted by Gasteiger charge is 2.32. The Balaban J connectivity index is 0.000000321. The molecule has 3 rings (SSSR count). The summed E-state index contributed by atoms with van der Waals surface area (Å²) in [6.45, 7) is 8.93. The lowest BCUT2D eigenvalue weighted by atomic mass is 10.1. The number of ether oxygens (including phenoxy) is 1. The van der Waals surface area contributed by atoms with E-state index in [-0.39, 0.29) is 28.4 Å². The van der Waals surface area contributed by atoms with Gasteiger partial charge in [-0.2, -0.15) is 0 Å². The number of para-hydroxylation sites is 3. The number of carbonyl (C=O) groups excluding carboxylic acids is 1. The first-order valence-electron chi connectivity index (χ1n) is 10.3. The van der Waals surface area contributed by atoms with Crippen molar-refractivity contribution in [1.82, 2.24) is 4.90 Å². The van der Waals surface area contributed by atoms with Crippen molar-refractivity contribution >= 4 is 39.1 Å². The molecule has 1 unspecified atom stereocenters. The van der Waals surface area contributed by atoms with E-state index in [0.29, 0.717) is 29.8 Å². The first kappa shape index (κ1) is 26.0. The summed E-state index contributed by atoms with van der Waals surface area (Å²) in [6.07, 6.45) is -0.341. The molecule has 1 heterocycles. The minimum Gasteiger partial charge on any atom is -0.444 e. The largest absolute Gasteiger partial charge is 0.444 e. The maximum Gasteiger partial charge on any atom is 0.410 e. The molecular formula is C22H27BrN4O6. The molecule has 0 bridgehead atoms. The number of hydrogen-bond acceptors (Lipinski definition) is 7. The summed E-state index contributed by atoms with van der Waals surface area (Å²) >= 11 is 3.06. The van der Waals surface area contributed by atoms with E-state index in [1.165, 1.54) is 12.1 Å². The van der Waals surface area contributed by atoms with Crippen LogP contribution in [0.4, 0.5) is 21.9 Å². The fourth-order valence-electron chi connectivity index (χ4n) is 3.27. The van der Waals surface area contributed by atoms with Gasteiger partial charge in [0.15, 0.2) is 0 Å². The summed E-state index contributed by atoms with van der Waals surface area (Å²) in [7, 11) is 0. The van der Waals surface area contributed by atoms with Gasteiger partial charge in [0.2, 0.25) is 0 Å². The molecule has 2 aromatic rings. The third kappa shape index (κ3) is 7.41. The Labute approximate surface area is 200 Å². The molecule has 33 heavy (non-hydrogen) atoms. The molecule has 10 nitrogen and oxygen atoms in total. The molecule has 2 aromatic carbocycles. The number of carbonyl (C=O) groups is 1. The number of benzene rings is 2. The van der Waals surface area contributed by atoms with Crippen LogP contribution in [0.15, 0.2) is 53.0 Å². The van der Waals surface area contributed by atoms with Crippen molar-refractivity contribution < 1.29 is 19.4 Å². The Hall–Kier alpha value is -3.21. The van der Waals surface area contributed by atoms with Crippen molar-refractivity contribution in [2.24, 2.45) is 0 Å². The molecule has 0 spiro atoms. The maximum atomic E-state index is 12.2. The van der Waals surface area contributed by atoms with Gasteiger partial charge >= 0.3 is 6.09 Å². The van der Waals surface area contributed by atoms with Crippen molar-refractivity contribution in [3.05, 3.63) is 73.2 Å². The van der Waals surface area contributed by atoms with E-state index < -0.39 is 10.5 Å². The number of hydrogen-bond donors (Lipinski definition) is 0. The number of anilines is 1. The highest BCUT2D eigenvalue weighted by molar-refractivity contribution is 9.10. The fourth-order valence-corrected chi connectivity index (χ4v) is 3.70. The van der Waals surface area contributed by atoms with E-state index in [1.807, 2.05) is 32.6 Å². The highest BCUT2D eigenvalue weighted by Crippen LogP contribution is 2.30. The molecule has 1 atom stereocenters. The van der Waals surface area contributed by atoms with Crippen LogP contribution in [0.25, 0.3) is 0 Å². The average Bonchev–Trinajstić information content (AvgIpc) is 2.73. The van der Waals surface area contributed by atoms with E-state index in [1.54, 1.807) is 41.3 Å². The van der Waals surface area contributed by atoms with Crippen molar-refractivity contribution in [2.45, 2.75) is 39.3 Å². The SMILES string of the molecule is CC1CN(C(=O)OC(C)(C)C)CCN1c1ccccc1[N+](=O)[O-].O=[N+]([O-])c1ccccc1Br. The quantitative estimate of drug-likeness (QED) is 0.391. The monoisotopic (exact) mass is 522 g/mol. The Bertz CT molecular complexity index is 1010. The molecule has 1 fully saturated rings. The van der Waals surface area contributed by atoms with Crippen LogP contribution in [-0.4, -0.2) is 52.1 Å². The van der Waals surface area contributed by atoms with Crippen LogP contribution in [0.2, 0.25) is 0 Å². The van der Waals surface area contributed by atoms with Gasteiger partial charge in [-0.05, 0) is 55.8 Å². The van der Waals surface area contributed by atoms with Gasteiger partial charge in [0.25, 0.3) is 11.4 Å². The van der Waals surface area contributed by atoms with Gasteiger partial charge in [0, 0.05) is 37.8 Å². The number of nitro benzene ring substituents is 2. The molecule has 1 aliphatic rings. The molecule has 0 N–H and O–H groups in total. The summed E-state index contributed by atoms with van der Waals surface area (Å²) in [6, 6.07) is 13.1. The Morgan fingerprint density at radius 2 is 1.55 bits per heavy atom. The second-order valence-electron chi connectivity index (χ2n) is 8.42. The molecule has 1 aliphatic heterocycles. The minimum absolute atomic E-state index is 0.0302. The Morgan fingerprint density at radius 1 is 1.00 bits per heavy atom. The van der Waals surface area contributed by atoms with E-state index >= 15 is 0 Å². The average molecular weight is 523 g/mol. The van der Waals surface area contributed by atoms with Gasteiger partial charge in [0.1, 0.15) is 11.3 Å². The zero-order valence-electron chi connectivity index (χ0n) is 18.9. The molecule has 178 valence electrons. The molecule has 0 aromatic heterocycles. The smallest absolute Gasteiger partial charge is 0.410 e. The van der Waals surface area contributed by atoms with Gasteiger partial charge in [-0.3, -0.25) is 20.2 Å². The van der Waals surface area contributed by atoms with Crippen LogP contribution >= 0.6 is 15.9 Å². The number of piperazine rings is 1. The maximum absolute atomic E-state index is 12.2. The van der Waals surface area contributed by atoms with Gasteiger partial charge in [-0.25, -0.2) is 4.79 Å². The number of nitrogens with zero attached hydrogens (tertiary/aromatic N) is 4. The van der Waals surface area contributed by atoms with E-state index in [0.717, 1.165) is 0 Å². The van der Waals surface area contributed by atoms with Crippen molar-refractivity contribution in [3.63, 3.8) is 0 Å². The predicted octanol–water partition coefficient (Wildman–Crippen LogP) is 5.40. The van der Waals surface area contributed by atoms with Gasteiger partial charge in [-0.15, -0.1) is 0 Å². The summed E-state index contributed by atoms with van der Waals surface area (Å²) < 4.78 is 5.90. The van der Waals surface area contributed by atoms with E-state index in [2.05, 4.69) is 15.9 Å². The van der Waals surface area contributed by atoms with Crippen molar-refractivity contribution in [2.75, 3.05) is 24.5 Å². The van der Waals surface area contributed by atoms with Crippen LogP contribution in [-0.2, 0) is 4.74 Å². The minimum atomic E-state index is -0.532. The van der Waals surface area contributed by atoms with Crippen LogP contribution < -0.4 is 4.90 Å². The zero-order chi connectivity index (χ0) is 24.8. The van der Waals surface area contributed by atoms with Gasteiger partial charge in [0.05, 0.1) is 14.3 Å². The van der Waals surface area contributed by atoms with Crippen LogP contribution in [0.5, 0.6) is 0 Å². The lowest BCUT2D eigenvalue weighted by Crippen LogP contribution is -2.54. The topological polar surface area (TPSA) is 119 Å². The third-order valence-corrected chi connectivity index (χ3v) is 5.39. The molecule has 11 heteroatoms. The normalized spacial score (nSPS) is 15.8. The molecule has 0 radical (unpaired) electrons. The molecular weight excluding hydrogens is 496 g/mol. The summed E-state index contributed by atoms with van der Waals surface area (Å²) in [5.74, 6) is 0. The molecule has 0 saturated carbocycles. The van der Waals surface area contributed by atoms with Crippen LogP contribution in [0.3, 0.4) is 0 Å². The highest BCUT2D eigenvalue weighted by atomic mass is 79.9. The molecule has 1 amide bonds.